The second kappa shape index (κ2) is 8.26. The summed E-state index contributed by atoms with van der Waals surface area (Å²) in [6.45, 7) is 0. The Labute approximate surface area is 164 Å². The molecule has 0 spiro atoms. The number of aliphatic hydroxyl groups is 1. The highest BCUT2D eigenvalue weighted by atomic mass is 32.2. The van der Waals surface area contributed by atoms with Crippen LogP contribution in [0.3, 0.4) is 0 Å². The summed E-state index contributed by atoms with van der Waals surface area (Å²) in [5, 5.41) is 13.4. The number of nitrogens with zero attached hydrogens (tertiary/aromatic N) is 4. The lowest BCUT2D eigenvalue weighted by Crippen LogP contribution is -2.54. The number of carbonyl (C=O) groups is 2. The highest BCUT2D eigenvalue weighted by molar-refractivity contribution is 7.98. The molecule has 5 atom stereocenters. The number of hydrogen-bond donors (Lipinski definition) is 4. The van der Waals surface area contributed by atoms with Gasteiger partial charge >= 0.3 is 5.97 Å². The Morgan fingerprint density at radius 2 is 2.21 bits per heavy atom. The number of aliphatic hydroxyl groups excluding tert-OH is 1. The van der Waals surface area contributed by atoms with Crippen LogP contribution in [0.1, 0.15) is 6.23 Å². The zero-order valence-corrected chi connectivity index (χ0v) is 16.0. The van der Waals surface area contributed by atoms with E-state index in [4.69, 9.17) is 20.9 Å². The van der Waals surface area contributed by atoms with Crippen LogP contribution in [-0.2, 0) is 19.1 Å². The number of rotatable bonds is 6. The molecule has 1 amide bonds. The summed E-state index contributed by atoms with van der Waals surface area (Å²) in [6, 6.07) is -1.88. The van der Waals surface area contributed by atoms with Crippen molar-refractivity contribution in [1.82, 2.24) is 24.8 Å². The summed E-state index contributed by atoms with van der Waals surface area (Å²) >= 11 is 1.40. The van der Waals surface area contributed by atoms with Crippen molar-refractivity contribution in [1.29, 1.82) is 0 Å². The molecule has 0 aliphatic carbocycles. The van der Waals surface area contributed by atoms with Gasteiger partial charge in [0.25, 0.3) is 0 Å². The number of fused-ring (bicyclic) bond motifs is 1. The smallest absolute Gasteiger partial charge is 0.337 e. The molecule has 0 unspecified atom stereocenters. The highest BCUT2D eigenvalue weighted by Gasteiger charge is 2.50. The number of ether oxygens (including phenoxy) is 2. The van der Waals surface area contributed by atoms with Crippen LogP contribution >= 0.6 is 11.8 Å². The molecule has 2 aromatic heterocycles. The van der Waals surface area contributed by atoms with Crippen molar-refractivity contribution in [3.63, 3.8) is 0 Å². The van der Waals surface area contributed by atoms with E-state index in [1.807, 2.05) is 6.26 Å². The number of nitrogens with one attached hydrogen (secondary N) is 1. The minimum absolute atomic E-state index is 0.161. The number of carbonyl (C=O) groups excluding carboxylic acids is 2. The molecule has 28 heavy (non-hydrogen) atoms. The lowest BCUT2D eigenvalue weighted by molar-refractivity contribution is -0.156. The third-order valence-electron chi connectivity index (χ3n) is 4.36. The molecule has 0 aromatic carbocycles. The lowest BCUT2D eigenvalue weighted by atomic mass is 10.1. The fourth-order valence-electron chi connectivity index (χ4n) is 2.96. The second-order valence-corrected chi connectivity index (χ2v) is 7.05. The molecule has 6 N–H and O–H groups in total. The third-order valence-corrected chi connectivity index (χ3v) is 5.05. The molecule has 1 saturated heterocycles. The topological polar surface area (TPSA) is 180 Å². The van der Waals surface area contributed by atoms with Gasteiger partial charge in [-0.25, -0.2) is 19.7 Å². The van der Waals surface area contributed by atoms with Gasteiger partial charge in [0.2, 0.25) is 5.91 Å². The molecule has 1 aliphatic rings. The first-order chi connectivity index (χ1) is 13.4. The van der Waals surface area contributed by atoms with Crippen LogP contribution in [0.5, 0.6) is 0 Å². The van der Waals surface area contributed by atoms with Crippen LogP contribution in [0.25, 0.3) is 11.2 Å². The maximum Gasteiger partial charge on any atom is 0.337 e. The van der Waals surface area contributed by atoms with Crippen LogP contribution in [0.2, 0.25) is 0 Å². The average molecular weight is 411 g/mol. The van der Waals surface area contributed by atoms with Crippen molar-refractivity contribution in [2.75, 3.05) is 24.9 Å². The van der Waals surface area contributed by atoms with Crippen LogP contribution in [0.4, 0.5) is 5.82 Å². The molecule has 2 aromatic rings. The highest BCUT2D eigenvalue weighted by Crippen LogP contribution is 2.32. The van der Waals surface area contributed by atoms with Crippen molar-refractivity contribution in [2.45, 2.75) is 30.5 Å². The van der Waals surface area contributed by atoms with Crippen molar-refractivity contribution in [3.05, 3.63) is 12.7 Å². The Bertz CT molecular complexity index is 878. The summed E-state index contributed by atoms with van der Waals surface area (Å²) in [7, 11) is 1.18. The SMILES string of the molecule is COC(=O)[C@H]1O[C@@H](n2cnc3c(N)ncnc32)[C@H](O)[C@@H]1NC(=O)[C@@H](N)CSC. The van der Waals surface area contributed by atoms with Gasteiger partial charge in [0.15, 0.2) is 23.8 Å². The standard InChI is InChI=1S/C15H21N7O5S/c1-26-15(25)10-7(21-13(24)6(16)3-28-2)9(23)14(27-10)22-5-20-8-11(17)18-4-19-12(8)22/h4-7,9-10,14,23H,3,16H2,1-2H3,(H,21,24)(H2,17,18,19)/t6-,7-,9+,10-,14+/m0/s1. The summed E-state index contributed by atoms with van der Waals surface area (Å²) in [5.41, 5.74) is 12.2. The van der Waals surface area contributed by atoms with Crippen LogP contribution < -0.4 is 16.8 Å². The summed E-state index contributed by atoms with van der Waals surface area (Å²) in [4.78, 5) is 36.6. The quantitative estimate of drug-likeness (QED) is 0.386. The van der Waals surface area contributed by atoms with Crippen LogP contribution in [-0.4, -0.2) is 79.9 Å². The second-order valence-electron chi connectivity index (χ2n) is 6.14. The fourth-order valence-corrected chi connectivity index (χ4v) is 3.47. The summed E-state index contributed by atoms with van der Waals surface area (Å²) in [6.07, 6.45) is 0.809. The Morgan fingerprint density at radius 1 is 1.46 bits per heavy atom. The van der Waals surface area contributed by atoms with Gasteiger partial charge in [-0.2, -0.15) is 11.8 Å². The number of nitrogen functional groups attached to an aromatic ring is 1. The molecule has 3 heterocycles. The summed E-state index contributed by atoms with van der Waals surface area (Å²) < 4.78 is 11.9. The Balaban J connectivity index is 1.91. The van der Waals surface area contributed by atoms with Gasteiger partial charge in [-0.05, 0) is 6.26 Å². The minimum atomic E-state index is -1.30. The molecule has 1 aliphatic heterocycles. The molecular weight excluding hydrogens is 390 g/mol. The predicted octanol–water partition coefficient (Wildman–Crippen LogP) is -1.99. The maximum absolute atomic E-state index is 12.3. The normalized spacial score (nSPS) is 25.6. The van der Waals surface area contributed by atoms with E-state index in [1.165, 1.54) is 36.1 Å². The number of methoxy groups -OCH3 is 1. The number of thioether (sulfide) groups is 1. The monoisotopic (exact) mass is 411 g/mol. The van der Waals surface area contributed by atoms with Gasteiger partial charge in [-0.3, -0.25) is 9.36 Å². The van der Waals surface area contributed by atoms with Gasteiger partial charge in [0, 0.05) is 5.75 Å². The molecule has 0 radical (unpaired) electrons. The molecular formula is C15H21N7O5S. The molecule has 0 bridgehead atoms. The van der Waals surface area contributed by atoms with Crippen molar-refractivity contribution in [2.24, 2.45) is 5.73 Å². The van der Waals surface area contributed by atoms with E-state index in [9.17, 15) is 14.7 Å². The third kappa shape index (κ3) is 3.61. The molecule has 13 heteroatoms. The van der Waals surface area contributed by atoms with Crippen LogP contribution in [0.15, 0.2) is 12.7 Å². The number of aromatic nitrogens is 4. The Morgan fingerprint density at radius 3 is 2.89 bits per heavy atom. The molecule has 12 nitrogen and oxygen atoms in total. The van der Waals surface area contributed by atoms with E-state index in [2.05, 4.69) is 20.3 Å². The number of nitrogens with two attached hydrogens (primary N) is 2. The van der Waals surface area contributed by atoms with E-state index in [-0.39, 0.29) is 5.82 Å². The van der Waals surface area contributed by atoms with Crippen molar-refractivity contribution < 1.29 is 24.2 Å². The van der Waals surface area contributed by atoms with E-state index in [0.717, 1.165) is 0 Å². The maximum atomic E-state index is 12.3. The Hall–Kier alpha value is -2.48. The zero-order valence-electron chi connectivity index (χ0n) is 15.2. The zero-order chi connectivity index (χ0) is 20.4. The molecule has 0 saturated carbocycles. The first-order valence-electron chi connectivity index (χ1n) is 8.28. The van der Waals surface area contributed by atoms with Gasteiger partial charge in [-0.1, -0.05) is 0 Å². The number of anilines is 1. The molecule has 1 fully saturated rings. The van der Waals surface area contributed by atoms with Gasteiger partial charge < -0.3 is 31.4 Å². The minimum Gasteiger partial charge on any atom is -0.467 e. The van der Waals surface area contributed by atoms with Gasteiger partial charge in [0.05, 0.1) is 25.5 Å². The number of esters is 1. The fraction of sp³-hybridized carbons (Fsp3) is 0.533. The first-order valence-corrected chi connectivity index (χ1v) is 9.67. The number of amides is 1. The van der Waals surface area contributed by atoms with Crippen molar-refractivity contribution in [3.8, 4) is 0 Å². The largest absolute Gasteiger partial charge is 0.467 e. The summed E-state index contributed by atoms with van der Waals surface area (Å²) in [5.74, 6) is -0.722. The van der Waals surface area contributed by atoms with E-state index in [1.54, 1.807) is 0 Å². The average Bonchev–Trinajstić information content (AvgIpc) is 3.24. The number of imidazole rings is 1. The van der Waals surface area contributed by atoms with Gasteiger partial charge in [-0.15, -0.1) is 0 Å². The first kappa shape index (κ1) is 20.3. The van der Waals surface area contributed by atoms with E-state index in [0.29, 0.717) is 16.9 Å². The van der Waals surface area contributed by atoms with Crippen LogP contribution in [0, 0.1) is 0 Å². The Kier molecular flexibility index (Phi) is 5.98. The molecule has 152 valence electrons. The lowest BCUT2D eigenvalue weighted by Gasteiger charge is -2.22. The van der Waals surface area contributed by atoms with E-state index < -0.39 is 42.4 Å². The van der Waals surface area contributed by atoms with Gasteiger partial charge in [0.1, 0.15) is 17.9 Å². The van der Waals surface area contributed by atoms with E-state index >= 15 is 0 Å². The number of hydrogen-bond acceptors (Lipinski definition) is 11. The van der Waals surface area contributed by atoms with Crippen molar-refractivity contribution >= 4 is 40.6 Å². The predicted molar refractivity (Wildman–Crippen MR) is 100.0 cm³/mol. The molecule has 3 rings (SSSR count).